The molecule has 0 atom stereocenters. The number of aromatic nitrogens is 1. The zero-order chi connectivity index (χ0) is 9.52. The Morgan fingerprint density at radius 3 is 2.85 bits per heavy atom. The minimum absolute atomic E-state index is 0.346. The highest BCUT2D eigenvalue weighted by molar-refractivity contribution is 8.02. The third-order valence-electron chi connectivity index (χ3n) is 1.26. The van der Waals surface area contributed by atoms with Gasteiger partial charge in [0.2, 0.25) is 0 Å². The average Bonchev–Trinajstić information content (AvgIpc) is 2.19. The van der Waals surface area contributed by atoms with E-state index in [0.29, 0.717) is 0 Å². The number of nitrogens with zero attached hydrogens (tertiary/aromatic N) is 1. The van der Waals surface area contributed by atoms with Gasteiger partial charge in [0, 0.05) is 23.4 Å². The number of pyridine rings is 1. The first-order chi connectivity index (χ1) is 6.33. The Hall–Kier alpha value is -1.29. The Labute approximate surface area is 80.8 Å². The Morgan fingerprint density at radius 1 is 1.54 bits per heavy atom. The molecule has 0 saturated heterocycles. The van der Waals surface area contributed by atoms with Crippen LogP contribution in [0.3, 0.4) is 0 Å². The molecule has 4 heteroatoms. The normalized spacial score (nSPS) is 10.2. The van der Waals surface area contributed by atoms with Crippen LogP contribution >= 0.6 is 11.8 Å². The standard InChI is InChI=1S/C9H9NO2S/c1-12-9(11)4-7-13-8-2-5-10-6-3-8/h2-7H,1H3. The van der Waals surface area contributed by atoms with Gasteiger partial charge in [0.1, 0.15) is 0 Å². The van der Waals surface area contributed by atoms with Gasteiger partial charge < -0.3 is 4.74 Å². The molecule has 1 heterocycles. The molecule has 0 spiro atoms. The van der Waals surface area contributed by atoms with E-state index < -0.39 is 0 Å². The minimum Gasteiger partial charge on any atom is -0.466 e. The lowest BCUT2D eigenvalue weighted by molar-refractivity contribution is -0.134. The molecule has 0 saturated carbocycles. The van der Waals surface area contributed by atoms with Crippen molar-refractivity contribution in [1.29, 1.82) is 0 Å². The largest absolute Gasteiger partial charge is 0.466 e. The summed E-state index contributed by atoms with van der Waals surface area (Å²) < 4.78 is 4.44. The second-order valence-electron chi connectivity index (χ2n) is 2.13. The van der Waals surface area contributed by atoms with E-state index in [4.69, 9.17) is 0 Å². The lowest BCUT2D eigenvalue weighted by Gasteiger charge is -1.92. The van der Waals surface area contributed by atoms with Crippen molar-refractivity contribution in [2.45, 2.75) is 4.90 Å². The smallest absolute Gasteiger partial charge is 0.330 e. The van der Waals surface area contributed by atoms with Crippen molar-refractivity contribution in [2.24, 2.45) is 0 Å². The summed E-state index contributed by atoms with van der Waals surface area (Å²) in [6.45, 7) is 0. The maximum Gasteiger partial charge on any atom is 0.330 e. The van der Waals surface area contributed by atoms with Crippen LogP contribution in [0.25, 0.3) is 0 Å². The number of ether oxygens (including phenoxy) is 1. The molecule has 0 radical (unpaired) electrons. The Bertz CT molecular complexity index is 298. The summed E-state index contributed by atoms with van der Waals surface area (Å²) in [7, 11) is 1.35. The van der Waals surface area contributed by atoms with Gasteiger partial charge in [-0.05, 0) is 17.5 Å². The second-order valence-corrected chi connectivity index (χ2v) is 3.11. The molecule has 0 fully saturated rings. The third kappa shape index (κ3) is 3.75. The van der Waals surface area contributed by atoms with Crippen LogP contribution in [0.4, 0.5) is 0 Å². The Balaban J connectivity index is 2.44. The topological polar surface area (TPSA) is 39.2 Å². The molecule has 3 nitrogen and oxygen atoms in total. The molecule has 0 amide bonds. The summed E-state index contributed by atoms with van der Waals surface area (Å²) in [6.07, 6.45) is 4.79. The van der Waals surface area contributed by atoms with Crippen molar-refractivity contribution in [3.63, 3.8) is 0 Å². The van der Waals surface area contributed by atoms with Crippen LogP contribution in [-0.4, -0.2) is 18.1 Å². The molecule has 0 bridgehead atoms. The van der Waals surface area contributed by atoms with E-state index in [-0.39, 0.29) is 5.97 Å². The highest BCUT2D eigenvalue weighted by atomic mass is 32.2. The maximum absolute atomic E-state index is 10.7. The van der Waals surface area contributed by atoms with Crippen LogP contribution in [0.5, 0.6) is 0 Å². The summed E-state index contributed by atoms with van der Waals surface area (Å²) in [6, 6.07) is 3.73. The number of hydrogen-bond donors (Lipinski definition) is 0. The summed E-state index contributed by atoms with van der Waals surface area (Å²) in [5.74, 6) is -0.346. The molecule has 0 aliphatic carbocycles. The van der Waals surface area contributed by atoms with Gasteiger partial charge in [-0.25, -0.2) is 4.79 Å². The van der Waals surface area contributed by atoms with E-state index in [0.717, 1.165) is 4.90 Å². The van der Waals surface area contributed by atoms with Crippen LogP contribution in [0.15, 0.2) is 40.9 Å². The highest BCUT2D eigenvalue weighted by Gasteiger charge is 1.91. The van der Waals surface area contributed by atoms with Crippen LogP contribution in [-0.2, 0) is 9.53 Å². The van der Waals surface area contributed by atoms with E-state index in [1.54, 1.807) is 17.8 Å². The predicted octanol–water partition coefficient (Wildman–Crippen LogP) is 1.86. The fourth-order valence-corrected chi connectivity index (χ4v) is 1.27. The van der Waals surface area contributed by atoms with Crippen LogP contribution in [0, 0.1) is 0 Å². The Kier molecular flexibility index (Phi) is 4.05. The van der Waals surface area contributed by atoms with Crippen molar-refractivity contribution in [3.05, 3.63) is 36.0 Å². The molecule has 1 rings (SSSR count). The number of hydrogen-bond acceptors (Lipinski definition) is 4. The van der Waals surface area contributed by atoms with Gasteiger partial charge in [0.25, 0.3) is 0 Å². The van der Waals surface area contributed by atoms with Crippen LogP contribution < -0.4 is 0 Å². The van der Waals surface area contributed by atoms with E-state index in [1.807, 2.05) is 12.1 Å². The van der Waals surface area contributed by atoms with E-state index in [2.05, 4.69) is 9.72 Å². The van der Waals surface area contributed by atoms with Crippen LogP contribution in [0.2, 0.25) is 0 Å². The SMILES string of the molecule is COC(=O)C=CSc1ccncc1. The minimum atomic E-state index is -0.346. The molecule has 0 N–H and O–H groups in total. The van der Waals surface area contributed by atoms with Crippen molar-refractivity contribution in [1.82, 2.24) is 4.98 Å². The first-order valence-electron chi connectivity index (χ1n) is 3.64. The monoisotopic (exact) mass is 195 g/mol. The Morgan fingerprint density at radius 2 is 2.23 bits per heavy atom. The van der Waals surface area contributed by atoms with Gasteiger partial charge >= 0.3 is 5.97 Å². The molecular weight excluding hydrogens is 186 g/mol. The van der Waals surface area contributed by atoms with Gasteiger partial charge in [-0.2, -0.15) is 0 Å². The maximum atomic E-state index is 10.7. The van der Waals surface area contributed by atoms with E-state index in [1.165, 1.54) is 24.9 Å². The lowest BCUT2D eigenvalue weighted by Crippen LogP contribution is -1.92. The fraction of sp³-hybridized carbons (Fsp3) is 0.111. The quantitative estimate of drug-likeness (QED) is 0.419. The van der Waals surface area contributed by atoms with Gasteiger partial charge in [0.15, 0.2) is 0 Å². The molecular formula is C9H9NO2S. The molecule has 1 aromatic heterocycles. The summed E-state index contributed by atoms with van der Waals surface area (Å²) in [5.41, 5.74) is 0. The zero-order valence-corrected chi connectivity index (χ0v) is 7.95. The first-order valence-corrected chi connectivity index (χ1v) is 4.52. The lowest BCUT2D eigenvalue weighted by atomic mass is 10.5. The zero-order valence-electron chi connectivity index (χ0n) is 7.14. The van der Waals surface area contributed by atoms with Gasteiger partial charge in [-0.1, -0.05) is 11.8 Å². The van der Waals surface area contributed by atoms with Gasteiger partial charge in [-0.15, -0.1) is 0 Å². The number of methoxy groups -OCH3 is 1. The molecule has 1 aromatic rings. The first kappa shape index (κ1) is 9.80. The number of rotatable bonds is 3. The predicted molar refractivity (Wildman–Crippen MR) is 51.3 cm³/mol. The molecule has 0 unspecified atom stereocenters. The van der Waals surface area contributed by atoms with E-state index >= 15 is 0 Å². The number of carbonyl (C=O) groups is 1. The molecule has 68 valence electrons. The average molecular weight is 195 g/mol. The van der Waals surface area contributed by atoms with Crippen molar-refractivity contribution in [3.8, 4) is 0 Å². The molecule has 13 heavy (non-hydrogen) atoms. The molecule has 0 aliphatic rings. The number of carbonyl (C=O) groups excluding carboxylic acids is 1. The second kappa shape index (κ2) is 5.37. The highest BCUT2D eigenvalue weighted by Crippen LogP contribution is 2.16. The van der Waals surface area contributed by atoms with Crippen LogP contribution in [0.1, 0.15) is 0 Å². The summed E-state index contributed by atoms with van der Waals surface area (Å²) in [5, 5.41) is 1.68. The number of thioether (sulfide) groups is 1. The third-order valence-corrected chi connectivity index (χ3v) is 2.08. The fourth-order valence-electron chi connectivity index (χ4n) is 0.653. The van der Waals surface area contributed by atoms with Gasteiger partial charge in [0.05, 0.1) is 7.11 Å². The van der Waals surface area contributed by atoms with Crippen molar-refractivity contribution >= 4 is 17.7 Å². The molecule has 0 aromatic carbocycles. The molecule has 0 aliphatic heterocycles. The summed E-state index contributed by atoms with van der Waals surface area (Å²) in [4.78, 5) is 15.6. The van der Waals surface area contributed by atoms with Crippen molar-refractivity contribution < 1.29 is 9.53 Å². The van der Waals surface area contributed by atoms with Crippen molar-refractivity contribution in [2.75, 3.05) is 7.11 Å². The van der Waals surface area contributed by atoms with Gasteiger partial charge in [-0.3, -0.25) is 4.98 Å². The summed E-state index contributed by atoms with van der Waals surface area (Å²) >= 11 is 1.44. The number of esters is 1. The van der Waals surface area contributed by atoms with E-state index in [9.17, 15) is 4.79 Å².